The van der Waals surface area contributed by atoms with Crippen LogP contribution in [0.1, 0.15) is 26.2 Å². The molecule has 6 nitrogen and oxygen atoms in total. The minimum Gasteiger partial charge on any atom is -0.480 e. The number of nitrogens with one attached hydrogen (secondary N) is 1. The molecule has 2 N–H and O–H groups in total. The quantitative estimate of drug-likeness (QED) is 0.747. The molecule has 1 heterocycles. The lowest BCUT2D eigenvalue weighted by Gasteiger charge is -2.14. The van der Waals surface area contributed by atoms with Crippen LogP contribution in [0, 0.1) is 0 Å². The lowest BCUT2D eigenvalue weighted by atomic mass is 10.1. The summed E-state index contributed by atoms with van der Waals surface area (Å²) in [5, 5.41) is 8.82. The molecular weight excluding hydrogens is 292 g/mol. The Hall–Kier alpha value is -1.18. The number of hydrogen-bond acceptors (Lipinski definition) is 4. The van der Waals surface area contributed by atoms with Crippen molar-refractivity contribution in [2.45, 2.75) is 37.1 Å². The molecule has 0 aromatic carbocycles. The second-order valence-electron chi connectivity index (χ2n) is 3.95. The van der Waals surface area contributed by atoms with Gasteiger partial charge < -0.3 is 5.11 Å². The fourth-order valence-corrected chi connectivity index (χ4v) is 3.14. The maximum absolute atomic E-state index is 12.0. The van der Waals surface area contributed by atoms with Gasteiger partial charge in [-0.15, -0.1) is 0 Å². The number of pyridine rings is 1. The molecular formula is C11H15ClN2O4S. The highest BCUT2D eigenvalue weighted by Gasteiger charge is 2.26. The SMILES string of the molecule is CCCCC(NS(=O)(=O)c1cccnc1Cl)C(=O)O. The maximum atomic E-state index is 12.0. The number of carboxylic acid groups (broad SMARTS) is 1. The molecule has 0 fully saturated rings. The van der Waals surface area contributed by atoms with Crippen LogP contribution in [0.4, 0.5) is 0 Å². The van der Waals surface area contributed by atoms with Crippen molar-refractivity contribution in [3.05, 3.63) is 23.5 Å². The van der Waals surface area contributed by atoms with Crippen LogP contribution in [0.5, 0.6) is 0 Å². The Kier molecular flexibility index (Phi) is 5.71. The van der Waals surface area contributed by atoms with E-state index >= 15 is 0 Å². The molecule has 1 atom stereocenters. The van der Waals surface area contributed by atoms with Gasteiger partial charge >= 0.3 is 5.97 Å². The van der Waals surface area contributed by atoms with E-state index in [1.54, 1.807) is 0 Å². The van der Waals surface area contributed by atoms with Gasteiger partial charge in [-0.1, -0.05) is 31.4 Å². The third-order valence-corrected chi connectivity index (χ3v) is 4.37. The van der Waals surface area contributed by atoms with Gasteiger partial charge in [-0.2, -0.15) is 4.72 Å². The largest absolute Gasteiger partial charge is 0.480 e. The number of rotatable bonds is 7. The van der Waals surface area contributed by atoms with Crippen molar-refractivity contribution in [3.63, 3.8) is 0 Å². The van der Waals surface area contributed by atoms with Crippen molar-refractivity contribution in [2.24, 2.45) is 0 Å². The van der Waals surface area contributed by atoms with E-state index < -0.39 is 22.0 Å². The average molecular weight is 307 g/mol. The Morgan fingerprint density at radius 3 is 2.79 bits per heavy atom. The highest BCUT2D eigenvalue weighted by atomic mass is 35.5. The van der Waals surface area contributed by atoms with E-state index in [-0.39, 0.29) is 16.5 Å². The van der Waals surface area contributed by atoms with Crippen LogP contribution in [0.25, 0.3) is 0 Å². The van der Waals surface area contributed by atoms with Crippen molar-refractivity contribution in [2.75, 3.05) is 0 Å². The summed E-state index contributed by atoms with van der Waals surface area (Å²) in [7, 11) is -3.99. The number of aromatic nitrogens is 1. The molecule has 1 aromatic heterocycles. The van der Waals surface area contributed by atoms with Crippen molar-refractivity contribution in [3.8, 4) is 0 Å². The van der Waals surface area contributed by atoms with Gasteiger partial charge in [-0.25, -0.2) is 13.4 Å². The minimum atomic E-state index is -3.99. The number of hydrogen-bond donors (Lipinski definition) is 2. The number of aliphatic carboxylic acids is 1. The first-order chi connectivity index (χ1) is 8.88. The molecule has 0 aliphatic heterocycles. The van der Waals surface area contributed by atoms with Gasteiger partial charge in [0, 0.05) is 6.20 Å². The Morgan fingerprint density at radius 1 is 1.58 bits per heavy atom. The van der Waals surface area contributed by atoms with Gasteiger partial charge in [-0.05, 0) is 18.6 Å². The number of nitrogens with zero attached hydrogens (tertiary/aromatic N) is 1. The molecule has 1 rings (SSSR count). The molecule has 8 heteroatoms. The van der Waals surface area contributed by atoms with Crippen LogP contribution >= 0.6 is 11.6 Å². The lowest BCUT2D eigenvalue weighted by Crippen LogP contribution is -2.40. The standard InChI is InChI=1S/C11H15ClN2O4S/c1-2-3-5-8(11(15)16)14-19(17,18)9-6-4-7-13-10(9)12/h4,6-8,14H,2-3,5H2,1H3,(H,15,16). The first kappa shape index (κ1) is 15.9. The van der Waals surface area contributed by atoms with Gasteiger partial charge in [0.2, 0.25) is 10.0 Å². The molecule has 0 radical (unpaired) electrons. The van der Waals surface area contributed by atoms with Gasteiger partial charge in [0.05, 0.1) is 0 Å². The van der Waals surface area contributed by atoms with Gasteiger partial charge in [0.1, 0.15) is 16.1 Å². The summed E-state index contributed by atoms with van der Waals surface area (Å²) >= 11 is 5.70. The summed E-state index contributed by atoms with van der Waals surface area (Å²) in [6.07, 6.45) is 2.97. The van der Waals surface area contributed by atoms with Crippen molar-refractivity contribution < 1.29 is 18.3 Å². The topological polar surface area (TPSA) is 96.4 Å². The van der Waals surface area contributed by atoms with Crippen LogP contribution in [-0.4, -0.2) is 30.5 Å². The number of carbonyl (C=O) groups is 1. The van der Waals surface area contributed by atoms with Crippen molar-refractivity contribution >= 4 is 27.6 Å². The molecule has 0 amide bonds. The normalized spacial score (nSPS) is 13.2. The minimum absolute atomic E-state index is 0.186. The van der Waals surface area contributed by atoms with Crippen LogP contribution in [0.2, 0.25) is 5.15 Å². The monoisotopic (exact) mass is 306 g/mol. The Bertz CT molecular complexity index is 547. The molecule has 106 valence electrons. The third kappa shape index (κ3) is 4.45. The zero-order valence-electron chi connectivity index (χ0n) is 10.3. The molecule has 0 bridgehead atoms. The molecule has 0 spiro atoms. The zero-order chi connectivity index (χ0) is 14.5. The molecule has 19 heavy (non-hydrogen) atoms. The Labute approximate surface area is 116 Å². The predicted molar refractivity (Wildman–Crippen MR) is 70.5 cm³/mol. The Balaban J connectivity index is 2.95. The third-order valence-electron chi connectivity index (χ3n) is 2.46. The summed E-state index contributed by atoms with van der Waals surface area (Å²) in [5.74, 6) is -1.21. The maximum Gasteiger partial charge on any atom is 0.321 e. The molecule has 0 aliphatic carbocycles. The van der Waals surface area contributed by atoms with Crippen LogP contribution < -0.4 is 4.72 Å². The van der Waals surface area contributed by atoms with Crippen molar-refractivity contribution in [1.82, 2.24) is 9.71 Å². The van der Waals surface area contributed by atoms with E-state index in [0.717, 1.165) is 6.42 Å². The molecule has 0 saturated heterocycles. The van der Waals surface area contributed by atoms with E-state index in [9.17, 15) is 13.2 Å². The van der Waals surface area contributed by atoms with Crippen molar-refractivity contribution in [1.29, 1.82) is 0 Å². The zero-order valence-corrected chi connectivity index (χ0v) is 11.9. The first-order valence-corrected chi connectivity index (χ1v) is 7.60. The van der Waals surface area contributed by atoms with E-state index in [0.29, 0.717) is 6.42 Å². The highest BCUT2D eigenvalue weighted by Crippen LogP contribution is 2.18. The van der Waals surface area contributed by atoms with E-state index in [1.165, 1.54) is 18.3 Å². The molecule has 0 saturated carbocycles. The lowest BCUT2D eigenvalue weighted by molar-refractivity contribution is -0.139. The van der Waals surface area contributed by atoms with Gasteiger partial charge in [0.25, 0.3) is 0 Å². The molecule has 0 aliphatic rings. The number of sulfonamides is 1. The number of halogens is 1. The average Bonchev–Trinajstić information content (AvgIpc) is 2.34. The van der Waals surface area contributed by atoms with Crippen LogP contribution in [0.15, 0.2) is 23.2 Å². The summed E-state index contributed by atoms with van der Waals surface area (Å²) < 4.78 is 26.2. The molecule has 1 unspecified atom stereocenters. The summed E-state index contributed by atoms with van der Waals surface area (Å²) in [5.41, 5.74) is 0. The predicted octanol–water partition coefficient (Wildman–Crippen LogP) is 1.66. The van der Waals surface area contributed by atoms with E-state index in [1.807, 2.05) is 6.92 Å². The summed E-state index contributed by atoms with van der Waals surface area (Å²) in [6, 6.07) is 1.53. The fourth-order valence-electron chi connectivity index (χ4n) is 1.46. The second kappa shape index (κ2) is 6.83. The van der Waals surface area contributed by atoms with E-state index in [4.69, 9.17) is 16.7 Å². The Morgan fingerprint density at radius 2 is 2.26 bits per heavy atom. The number of unbranched alkanes of at least 4 members (excludes halogenated alkanes) is 1. The number of carboxylic acids is 1. The summed E-state index contributed by atoms with van der Waals surface area (Å²) in [6.45, 7) is 1.89. The molecule has 1 aromatic rings. The summed E-state index contributed by atoms with van der Waals surface area (Å²) in [4.78, 5) is 14.5. The van der Waals surface area contributed by atoms with Gasteiger partial charge in [-0.3, -0.25) is 4.79 Å². The second-order valence-corrected chi connectivity index (χ2v) is 5.99. The first-order valence-electron chi connectivity index (χ1n) is 5.74. The smallest absolute Gasteiger partial charge is 0.321 e. The van der Waals surface area contributed by atoms with Crippen LogP contribution in [-0.2, 0) is 14.8 Å². The van der Waals surface area contributed by atoms with E-state index in [2.05, 4.69) is 9.71 Å². The van der Waals surface area contributed by atoms with Gasteiger partial charge in [0.15, 0.2) is 0 Å². The van der Waals surface area contributed by atoms with Crippen LogP contribution in [0.3, 0.4) is 0 Å². The fraction of sp³-hybridized carbons (Fsp3) is 0.455. The highest BCUT2D eigenvalue weighted by molar-refractivity contribution is 7.89.